The van der Waals surface area contributed by atoms with E-state index in [9.17, 15) is 0 Å². The third-order valence-corrected chi connectivity index (χ3v) is 24.3. The number of hydrogen-bond donors (Lipinski definition) is 0. The van der Waals surface area contributed by atoms with Gasteiger partial charge in [0.05, 0.1) is 44.5 Å². The van der Waals surface area contributed by atoms with Crippen LogP contribution in [0.2, 0.25) is 0 Å². The first-order chi connectivity index (χ1) is 46.7. The number of para-hydroxylation sites is 5. The van der Waals surface area contributed by atoms with Crippen LogP contribution in [-0.4, -0.2) is 21.8 Å². The first-order valence-electron chi connectivity index (χ1n) is 32.5. The summed E-state index contributed by atoms with van der Waals surface area (Å²) in [6, 6.07) is 138. The van der Waals surface area contributed by atoms with E-state index in [0.29, 0.717) is 0 Å². The summed E-state index contributed by atoms with van der Waals surface area (Å²) in [5, 5.41) is 12.5. The molecule has 3 heterocycles. The minimum absolute atomic E-state index is 1.13. The van der Waals surface area contributed by atoms with E-state index >= 15 is 0 Å². The zero-order valence-corrected chi connectivity index (χ0v) is 52.6. The molecule has 15 aromatic carbocycles. The van der Waals surface area contributed by atoms with Crippen molar-refractivity contribution in [2.45, 2.75) is 0 Å². The van der Waals surface area contributed by atoms with Gasteiger partial charge in [0, 0.05) is 54.7 Å². The molecule has 0 atom stereocenters. The van der Waals surface area contributed by atoms with Crippen molar-refractivity contribution in [3.8, 4) is 72.7 Å². The standard InChI is InChI=1S/C90H61N3Si/c1-6-28-62(29-7-1)66-36-26-40-71(56-66)94(70-38-14-5-15-39-70,72-41-27-37-67(57-72)63-30-8-2-9-31-63)73-60-79(64-32-10-3-11-33-64)90(80(61-73)65-34-12-4-13-35-65)93-87-51-25-20-45-77(87)81-58-68(52-54-89(81)93)74-42-16-21-47-83(74)92-86-50-24-19-46-78(86)82-59-69(53-55-88(82)92)91-84-48-22-17-43-75(84)76-44-18-23-49-85(76)91/h1-61H. The van der Waals surface area contributed by atoms with E-state index in [4.69, 9.17) is 0 Å². The maximum absolute atomic E-state index is 3.33. The van der Waals surface area contributed by atoms with Crippen molar-refractivity contribution < 1.29 is 0 Å². The van der Waals surface area contributed by atoms with E-state index in [1.807, 2.05) is 0 Å². The van der Waals surface area contributed by atoms with Gasteiger partial charge in [0.1, 0.15) is 0 Å². The molecule has 0 unspecified atom stereocenters. The van der Waals surface area contributed by atoms with Gasteiger partial charge in [0.25, 0.3) is 0 Å². The molecular weight excluding hydrogens is 1150 g/mol. The lowest BCUT2D eigenvalue weighted by atomic mass is 9.95. The second-order valence-corrected chi connectivity index (χ2v) is 28.5. The Morgan fingerprint density at radius 3 is 1.09 bits per heavy atom. The van der Waals surface area contributed by atoms with Crippen LogP contribution in [0.1, 0.15) is 0 Å². The third-order valence-electron chi connectivity index (χ3n) is 19.6. The van der Waals surface area contributed by atoms with Gasteiger partial charge in [-0.05, 0) is 120 Å². The minimum Gasteiger partial charge on any atom is -0.309 e. The van der Waals surface area contributed by atoms with E-state index in [0.717, 1.165) is 67.0 Å². The summed E-state index contributed by atoms with van der Waals surface area (Å²) in [5.41, 5.74) is 22.1. The molecule has 94 heavy (non-hydrogen) atoms. The van der Waals surface area contributed by atoms with Crippen molar-refractivity contribution in [3.63, 3.8) is 0 Å². The van der Waals surface area contributed by atoms with Gasteiger partial charge in [-0.15, -0.1) is 0 Å². The molecular formula is C90H61N3Si. The molecule has 0 N–H and O–H groups in total. The van der Waals surface area contributed by atoms with Crippen molar-refractivity contribution in [2.75, 3.05) is 0 Å². The van der Waals surface area contributed by atoms with Crippen molar-refractivity contribution in [1.82, 2.24) is 13.7 Å². The molecule has 0 spiro atoms. The van der Waals surface area contributed by atoms with Crippen molar-refractivity contribution >= 4 is 94.2 Å². The minimum atomic E-state index is -3.33. The monoisotopic (exact) mass is 1210 g/mol. The third kappa shape index (κ3) is 8.87. The highest BCUT2D eigenvalue weighted by atomic mass is 28.3. The van der Waals surface area contributed by atoms with Crippen LogP contribution >= 0.6 is 0 Å². The van der Waals surface area contributed by atoms with Crippen molar-refractivity contribution in [2.24, 2.45) is 0 Å². The number of benzene rings is 15. The zero-order chi connectivity index (χ0) is 62.1. The van der Waals surface area contributed by atoms with Crippen LogP contribution in [-0.2, 0) is 0 Å². The fourth-order valence-electron chi connectivity index (χ4n) is 15.4. The molecule has 0 amide bonds. The van der Waals surface area contributed by atoms with Crippen LogP contribution in [0.15, 0.2) is 370 Å². The molecule has 0 saturated carbocycles. The molecule has 3 nitrogen and oxygen atoms in total. The maximum Gasteiger partial charge on any atom is 0.179 e. The van der Waals surface area contributed by atoms with Gasteiger partial charge in [0.2, 0.25) is 0 Å². The Kier molecular flexibility index (Phi) is 13.2. The summed E-state index contributed by atoms with van der Waals surface area (Å²) < 4.78 is 7.49. The topological polar surface area (TPSA) is 14.8 Å². The second-order valence-electron chi connectivity index (χ2n) is 24.7. The molecule has 0 radical (unpaired) electrons. The second kappa shape index (κ2) is 22.7. The number of nitrogens with zero attached hydrogens (tertiary/aromatic N) is 3. The maximum atomic E-state index is 2.59. The van der Waals surface area contributed by atoms with Crippen LogP contribution in [0.5, 0.6) is 0 Å². The van der Waals surface area contributed by atoms with E-state index in [1.165, 1.54) is 91.9 Å². The zero-order valence-electron chi connectivity index (χ0n) is 51.6. The lowest BCUT2D eigenvalue weighted by molar-refractivity contribution is 1.17. The van der Waals surface area contributed by atoms with E-state index < -0.39 is 8.07 Å². The largest absolute Gasteiger partial charge is 0.309 e. The van der Waals surface area contributed by atoms with Gasteiger partial charge in [-0.3, -0.25) is 0 Å². The summed E-state index contributed by atoms with van der Waals surface area (Å²) in [6.45, 7) is 0. The summed E-state index contributed by atoms with van der Waals surface area (Å²) in [7, 11) is -3.33. The van der Waals surface area contributed by atoms with Crippen LogP contribution in [0.4, 0.5) is 0 Å². The summed E-state index contributed by atoms with van der Waals surface area (Å²) in [6.07, 6.45) is 0. The highest BCUT2D eigenvalue weighted by Gasteiger charge is 2.43. The Morgan fingerprint density at radius 1 is 0.181 bits per heavy atom. The molecule has 440 valence electrons. The van der Waals surface area contributed by atoms with Crippen LogP contribution in [0, 0.1) is 0 Å². The Bertz CT molecular complexity index is 5710. The van der Waals surface area contributed by atoms with Gasteiger partial charge in [0.15, 0.2) is 8.07 Å². The predicted molar refractivity (Wildman–Crippen MR) is 400 cm³/mol. The van der Waals surface area contributed by atoms with Gasteiger partial charge >= 0.3 is 0 Å². The molecule has 4 heteroatoms. The Labute approximate surface area is 547 Å². The fourth-order valence-corrected chi connectivity index (χ4v) is 20.3. The first kappa shape index (κ1) is 54.8. The SMILES string of the molecule is c1ccc(-c2cccc([Si](c3ccccc3)(c3cccc(-c4ccccc4)c3)c3cc(-c4ccccc4)c(-n4c5ccccc5c5cc(-c6ccccc6-n6c7ccccc7c7cc(-n8c9ccccc9c9ccccc98)ccc76)ccc54)c(-c4ccccc4)c3)c2)cc1. The van der Waals surface area contributed by atoms with Crippen LogP contribution in [0.25, 0.3) is 138 Å². The first-order valence-corrected chi connectivity index (χ1v) is 34.5. The molecule has 3 aromatic heterocycles. The Morgan fingerprint density at radius 2 is 0.553 bits per heavy atom. The average molecular weight is 1210 g/mol. The van der Waals surface area contributed by atoms with Crippen LogP contribution < -0.4 is 20.7 Å². The molecule has 0 fully saturated rings. The average Bonchev–Trinajstić information content (AvgIpc) is 1.17. The lowest BCUT2D eigenvalue weighted by Crippen LogP contribution is -2.74. The van der Waals surface area contributed by atoms with Gasteiger partial charge in [-0.2, -0.15) is 0 Å². The lowest BCUT2D eigenvalue weighted by Gasteiger charge is -2.36. The highest BCUT2D eigenvalue weighted by Crippen LogP contribution is 2.45. The normalized spacial score (nSPS) is 11.8. The van der Waals surface area contributed by atoms with Gasteiger partial charge < -0.3 is 13.7 Å². The molecule has 18 aromatic rings. The molecule has 18 rings (SSSR count). The number of hydrogen-bond acceptors (Lipinski definition) is 0. The quantitative estimate of drug-likeness (QED) is 0.0855. The molecule has 0 aliphatic rings. The number of fused-ring (bicyclic) bond motifs is 9. The number of rotatable bonds is 12. The van der Waals surface area contributed by atoms with Crippen LogP contribution in [0.3, 0.4) is 0 Å². The number of aromatic nitrogens is 3. The Hall–Kier alpha value is -12.1. The fraction of sp³-hybridized carbons (Fsp3) is 0. The summed E-state index contributed by atoms with van der Waals surface area (Å²) in [4.78, 5) is 0. The predicted octanol–water partition coefficient (Wildman–Crippen LogP) is 20.7. The summed E-state index contributed by atoms with van der Waals surface area (Å²) >= 11 is 0. The summed E-state index contributed by atoms with van der Waals surface area (Å²) in [5.74, 6) is 0. The van der Waals surface area contributed by atoms with E-state index in [2.05, 4.69) is 384 Å². The van der Waals surface area contributed by atoms with E-state index in [1.54, 1.807) is 0 Å². The molecule has 0 saturated heterocycles. The van der Waals surface area contributed by atoms with E-state index in [-0.39, 0.29) is 0 Å². The van der Waals surface area contributed by atoms with Gasteiger partial charge in [-0.1, -0.05) is 309 Å². The van der Waals surface area contributed by atoms with Crippen molar-refractivity contribution in [1.29, 1.82) is 0 Å². The Balaban J connectivity index is 0.877. The van der Waals surface area contributed by atoms with Crippen molar-refractivity contribution in [3.05, 3.63) is 370 Å². The smallest absolute Gasteiger partial charge is 0.179 e. The molecule has 0 bridgehead atoms. The molecule has 0 aliphatic heterocycles. The van der Waals surface area contributed by atoms with Gasteiger partial charge in [-0.25, -0.2) is 0 Å². The highest BCUT2D eigenvalue weighted by molar-refractivity contribution is 7.20. The molecule has 0 aliphatic carbocycles.